The van der Waals surface area contributed by atoms with Crippen molar-refractivity contribution in [1.82, 2.24) is 4.90 Å². The zero-order valence-corrected chi connectivity index (χ0v) is 11.6. The summed E-state index contributed by atoms with van der Waals surface area (Å²) in [5.74, 6) is 0.690. The largest absolute Gasteiger partial charge is 0.497 e. The Labute approximate surface area is 112 Å². The maximum absolute atomic E-state index is 11.6. The predicted octanol–water partition coefficient (Wildman–Crippen LogP) is 2.64. The Morgan fingerprint density at radius 2 is 1.95 bits per heavy atom. The van der Waals surface area contributed by atoms with Crippen molar-refractivity contribution in [3.63, 3.8) is 0 Å². The Kier molecular flexibility index (Phi) is 4.22. The molecule has 0 N–H and O–H groups in total. The van der Waals surface area contributed by atoms with Crippen LogP contribution in [0.15, 0.2) is 33.5 Å². The molecule has 0 radical (unpaired) electrons. The van der Waals surface area contributed by atoms with Gasteiger partial charge in [-0.1, -0.05) is 13.8 Å². The fraction of sp³-hybridized carbons (Fsp3) is 0.400. The molecule has 4 heteroatoms. The molecule has 0 saturated heterocycles. The lowest BCUT2D eigenvalue weighted by molar-refractivity contribution is 0.296. The van der Waals surface area contributed by atoms with Crippen LogP contribution in [0, 0.1) is 0 Å². The van der Waals surface area contributed by atoms with Crippen LogP contribution in [-0.2, 0) is 6.54 Å². The van der Waals surface area contributed by atoms with Gasteiger partial charge >= 0.3 is 5.63 Å². The third kappa shape index (κ3) is 2.96. The van der Waals surface area contributed by atoms with Gasteiger partial charge in [0.2, 0.25) is 0 Å². The maximum Gasteiger partial charge on any atom is 0.336 e. The van der Waals surface area contributed by atoms with E-state index in [4.69, 9.17) is 9.15 Å². The normalized spacial score (nSPS) is 11.2. The Morgan fingerprint density at radius 3 is 2.58 bits per heavy atom. The van der Waals surface area contributed by atoms with E-state index in [2.05, 4.69) is 18.7 Å². The van der Waals surface area contributed by atoms with Crippen molar-refractivity contribution >= 4 is 11.0 Å². The summed E-state index contributed by atoms with van der Waals surface area (Å²) >= 11 is 0. The van der Waals surface area contributed by atoms with Crippen molar-refractivity contribution in [1.29, 1.82) is 0 Å². The first kappa shape index (κ1) is 13.6. The molecule has 2 aromatic rings. The van der Waals surface area contributed by atoms with Crippen LogP contribution < -0.4 is 10.4 Å². The Morgan fingerprint density at radius 1 is 1.21 bits per heavy atom. The molecule has 4 nitrogen and oxygen atoms in total. The van der Waals surface area contributed by atoms with Crippen LogP contribution in [0.3, 0.4) is 0 Å². The first-order chi connectivity index (χ1) is 9.17. The van der Waals surface area contributed by atoms with Gasteiger partial charge in [-0.2, -0.15) is 0 Å². The molecule has 0 unspecified atom stereocenters. The minimum atomic E-state index is -0.317. The highest BCUT2D eigenvalue weighted by Crippen LogP contribution is 2.23. The summed E-state index contributed by atoms with van der Waals surface area (Å²) in [7, 11) is 1.60. The van der Waals surface area contributed by atoms with Gasteiger partial charge in [-0.05, 0) is 30.8 Å². The molecule has 0 aliphatic carbocycles. The van der Waals surface area contributed by atoms with E-state index in [1.807, 2.05) is 12.1 Å². The summed E-state index contributed by atoms with van der Waals surface area (Å²) in [5, 5.41) is 0.965. The van der Waals surface area contributed by atoms with Crippen molar-refractivity contribution in [3.05, 3.63) is 40.2 Å². The number of ether oxygens (including phenoxy) is 1. The van der Waals surface area contributed by atoms with E-state index in [-0.39, 0.29) is 5.63 Å². The molecule has 0 atom stereocenters. The smallest absolute Gasteiger partial charge is 0.336 e. The Hall–Kier alpha value is -1.81. The van der Waals surface area contributed by atoms with Crippen LogP contribution in [0.4, 0.5) is 0 Å². The van der Waals surface area contributed by atoms with Gasteiger partial charge in [0.05, 0.1) is 7.11 Å². The van der Waals surface area contributed by atoms with Crippen molar-refractivity contribution in [2.45, 2.75) is 20.4 Å². The molecule has 0 saturated carbocycles. The average molecular weight is 261 g/mol. The second kappa shape index (κ2) is 5.89. The summed E-state index contributed by atoms with van der Waals surface area (Å²) < 4.78 is 10.4. The number of rotatable bonds is 5. The van der Waals surface area contributed by atoms with Crippen LogP contribution in [0.2, 0.25) is 0 Å². The average Bonchev–Trinajstić information content (AvgIpc) is 2.43. The molecule has 2 rings (SSSR count). The van der Waals surface area contributed by atoms with E-state index >= 15 is 0 Å². The highest BCUT2D eigenvalue weighted by molar-refractivity contribution is 5.81. The quantitative estimate of drug-likeness (QED) is 0.776. The number of benzene rings is 1. The Balaban J connectivity index is 2.51. The molecule has 0 aliphatic rings. The number of nitrogens with zero attached hydrogens (tertiary/aromatic N) is 1. The van der Waals surface area contributed by atoms with Crippen molar-refractivity contribution < 1.29 is 9.15 Å². The van der Waals surface area contributed by atoms with E-state index in [9.17, 15) is 4.79 Å². The highest BCUT2D eigenvalue weighted by Gasteiger charge is 2.09. The SMILES string of the molecule is CCN(CC)Cc1cc(=O)oc2cc(OC)ccc12. The second-order valence-electron chi connectivity index (χ2n) is 4.41. The molecule has 19 heavy (non-hydrogen) atoms. The number of hydrogen-bond donors (Lipinski definition) is 0. The zero-order valence-electron chi connectivity index (χ0n) is 11.6. The molecule has 0 bridgehead atoms. The van der Waals surface area contributed by atoms with E-state index < -0.39 is 0 Å². The fourth-order valence-corrected chi connectivity index (χ4v) is 2.16. The molecule has 0 aliphatic heterocycles. The van der Waals surface area contributed by atoms with Gasteiger partial charge in [-0.3, -0.25) is 4.90 Å². The first-order valence-corrected chi connectivity index (χ1v) is 6.51. The molecule has 0 fully saturated rings. The number of fused-ring (bicyclic) bond motifs is 1. The van der Waals surface area contributed by atoms with Crippen LogP contribution in [0.5, 0.6) is 5.75 Å². The summed E-state index contributed by atoms with van der Waals surface area (Å²) in [6.07, 6.45) is 0. The zero-order chi connectivity index (χ0) is 13.8. The van der Waals surface area contributed by atoms with E-state index in [0.29, 0.717) is 11.3 Å². The topological polar surface area (TPSA) is 42.7 Å². The van der Waals surface area contributed by atoms with Crippen molar-refractivity contribution in [2.75, 3.05) is 20.2 Å². The van der Waals surface area contributed by atoms with Gasteiger partial charge in [0.25, 0.3) is 0 Å². The molecular weight excluding hydrogens is 242 g/mol. The molecule has 0 amide bonds. The van der Waals surface area contributed by atoms with E-state index in [0.717, 1.165) is 30.6 Å². The summed E-state index contributed by atoms with van der Waals surface area (Å²) in [4.78, 5) is 13.9. The maximum atomic E-state index is 11.6. The van der Waals surface area contributed by atoms with Gasteiger partial charge in [-0.15, -0.1) is 0 Å². The molecule has 1 aromatic heterocycles. The third-order valence-corrected chi connectivity index (χ3v) is 3.33. The standard InChI is InChI=1S/C15H19NO3/c1-4-16(5-2)10-11-8-15(17)19-14-9-12(18-3)6-7-13(11)14/h6-9H,4-5,10H2,1-3H3. The lowest BCUT2D eigenvalue weighted by Crippen LogP contribution is -2.22. The summed E-state index contributed by atoms with van der Waals surface area (Å²) in [6.45, 7) is 6.88. The predicted molar refractivity (Wildman–Crippen MR) is 75.7 cm³/mol. The minimum Gasteiger partial charge on any atom is -0.497 e. The van der Waals surface area contributed by atoms with Gasteiger partial charge in [0.15, 0.2) is 0 Å². The second-order valence-corrected chi connectivity index (χ2v) is 4.41. The van der Waals surface area contributed by atoms with Crippen LogP contribution in [0.25, 0.3) is 11.0 Å². The third-order valence-electron chi connectivity index (χ3n) is 3.33. The van der Waals surface area contributed by atoms with E-state index in [1.54, 1.807) is 19.2 Å². The Bertz CT molecular complexity index is 614. The molecule has 102 valence electrons. The van der Waals surface area contributed by atoms with Crippen molar-refractivity contribution in [3.8, 4) is 5.75 Å². The van der Waals surface area contributed by atoms with E-state index in [1.165, 1.54) is 0 Å². The fourth-order valence-electron chi connectivity index (χ4n) is 2.16. The molecule has 0 spiro atoms. The van der Waals surface area contributed by atoms with Crippen LogP contribution in [0.1, 0.15) is 19.4 Å². The molecule has 1 heterocycles. The van der Waals surface area contributed by atoms with Gasteiger partial charge < -0.3 is 9.15 Å². The van der Waals surface area contributed by atoms with Gasteiger partial charge in [-0.25, -0.2) is 4.79 Å². The van der Waals surface area contributed by atoms with Crippen LogP contribution in [-0.4, -0.2) is 25.1 Å². The number of hydrogen-bond acceptors (Lipinski definition) is 4. The van der Waals surface area contributed by atoms with Crippen LogP contribution >= 0.6 is 0 Å². The van der Waals surface area contributed by atoms with Gasteiger partial charge in [0, 0.05) is 24.1 Å². The highest BCUT2D eigenvalue weighted by atomic mass is 16.5. The lowest BCUT2D eigenvalue weighted by atomic mass is 10.1. The lowest BCUT2D eigenvalue weighted by Gasteiger charge is -2.18. The van der Waals surface area contributed by atoms with Gasteiger partial charge in [0.1, 0.15) is 11.3 Å². The number of methoxy groups -OCH3 is 1. The monoisotopic (exact) mass is 261 g/mol. The molecular formula is C15H19NO3. The summed E-state index contributed by atoms with van der Waals surface area (Å²) in [5.41, 5.74) is 1.26. The first-order valence-electron chi connectivity index (χ1n) is 6.51. The minimum absolute atomic E-state index is 0.317. The van der Waals surface area contributed by atoms with Crippen molar-refractivity contribution in [2.24, 2.45) is 0 Å². The summed E-state index contributed by atoms with van der Waals surface area (Å²) in [6, 6.07) is 7.15. The molecule has 1 aromatic carbocycles.